The zero-order valence-electron chi connectivity index (χ0n) is 8.19. The number of carboxylic acid groups (broad SMARTS) is 1. The second-order valence-electron chi connectivity index (χ2n) is 2.67. The second-order valence-corrected chi connectivity index (χ2v) is 3.83. The van der Waals surface area contributed by atoms with Crippen molar-refractivity contribution in [1.82, 2.24) is 4.98 Å². The van der Waals surface area contributed by atoms with E-state index in [0.717, 1.165) is 0 Å². The van der Waals surface area contributed by atoms with Crippen molar-refractivity contribution >= 4 is 40.3 Å². The van der Waals surface area contributed by atoms with Gasteiger partial charge in [-0.25, -0.2) is 9.78 Å². The summed E-state index contributed by atoms with van der Waals surface area (Å²) in [6.07, 6.45) is 1.27. The standard InChI is InChI=1S/C9H9IN2O3/c1-5(15-2)12-8-7(10)3-6(4-11-8)9(13)14/h3-4H,1-2H3,(H,13,14)/b12-5+. The summed E-state index contributed by atoms with van der Waals surface area (Å²) >= 11 is 1.98. The van der Waals surface area contributed by atoms with E-state index in [1.165, 1.54) is 19.4 Å². The number of hydrogen-bond donors (Lipinski definition) is 1. The van der Waals surface area contributed by atoms with Crippen LogP contribution >= 0.6 is 22.6 Å². The third-order valence-corrected chi connectivity index (χ3v) is 2.42. The van der Waals surface area contributed by atoms with E-state index in [4.69, 9.17) is 9.84 Å². The van der Waals surface area contributed by atoms with Crippen molar-refractivity contribution in [3.05, 3.63) is 21.4 Å². The third-order valence-electron chi connectivity index (χ3n) is 1.63. The summed E-state index contributed by atoms with van der Waals surface area (Å²) in [6, 6.07) is 1.51. The fourth-order valence-corrected chi connectivity index (χ4v) is 1.42. The molecule has 0 atom stereocenters. The predicted molar refractivity (Wildman–Crippen MR) is 63.7 cm³/mol. The molecular formula is C9H9IN2O3. The Morgan fingerprint density at radius 2 is 2.33 bits per heavy atom. The molecule has 0 aliphatic carbocycles. The van der Waals surface area contributed by atoms with Crippen LogP contribution in [0.1, 0.15) is 17.3 Å². The van der Waals surface area contributed by atoms with Crippen LogP contribution in [0.15, 0.2) is 17.3 Å². The molecule has 0 saturated carbocycles. The van der Waals surface area contributed by atoms with Crippen molar-refractivity contribution in [3.63, 3.8) is 0 Å². The van der Waals surface area contributed by atoms with E-state index >= 15 is 0 Å². The zero-order valence-corrected chi connectivity index (χ0v) is 10.3. The van der Waals surface area contributed by atoms with E-state index in [1.54, 1.807) is 6.92 Å². The number of hydrogen-bond acceptors (Lipinski definition) is 4. The highest BCUT2D eigenvalue weighted by atomic mass is 127. The molecule has 6 heteroatoms. The lowest BCUT2D eigenvalue weighted by Gasteiger charge is -2.01. The van der Waals surface area contributed by atoms with Gasteiger partial charge >= 0.3 is 5.97 Å². The normalized spacial score (nSPS) is 11.3. The Labute approximate surface area is 100 Å². The number of carbonyl (C=O) groups is 1. The molecule has 1 aromatic rings. The van der Waals surface area contributed by atoms with Gasteiger partial charge in [-0.05, 0) is 28.7 Å². The first-order valence-electron chi connectivity index (χ1n) is 4.02. The lowest BCUT2D eigenvalue weighted by atomic mass is 10.3. The Hall–Kier alpha value is -1.18. The number of methoxy groups -OCH3 is 1. The number of nitrogens with zero attached hydrogens (tertiary/aromatic N) is 2. The lowest BCUT2D eigenvalue weighted by Crippen LogP contribution is -1.99. The Kier molecular flexibility index (Phi) is 4.01. The number of ether oxygens (including phenoxy) is 1. The molecular weight excluding hydrogens is 311 g/mol. The summed E-state index contributed by atoms with van der Waals surface area (Å²) in [5, 5.41) is 8.72. The molecule has 1 heterocycles. The maximum Gasteiger partial charge on any atom is 0.337 e. The Bertz CT molecular complexity index is 418. The lowest BCUT2D eigenvalue weighted by molar-refractivity contribution is 0.0696. The molecule has 1 aromatic heterocycles. The molecule has 0 aliphatic heterocycles. The summed E-state index contributed by atoms with van der Waals surface area (Å²) in [4.78, 5) is 18.6. The SMILES string of the molecule is CO/C(C)=N/c1ncc(C(=O)O)cc1I. The summed E-state index contributed by atoms with van der Waals surface area (Å²) in [7, 11) is 1.51. The van der Waals surface area contributed by atoms with Crippen LogP contribution in [-0.4, -0.2) is 29.1 Å². The van der Waals surface area contributed by atoms with Crippen LogP contribution in [0.2, 0.25) is 0 Å². The van der Waals surface area contributed by atoms with Gasteiger partial charge < -0.3 is 9.84 Å². The van der Waals surface area contributed by atoms with Gasteiger partial charge in [0.1, 0.15) is 0 Å². The van der Waals surface area contributed by atoms with Gasteiger partial charge in [0.15, 0.2) is 11.7 Å². The number of rotatable bonds is 2. The molecule has 5 nitrogen and oxygen atoms in total. The minimum atomic E-state index is -1.00. The zero-order chi connectivity index (χ0) is 11.4. The number of pyridine rings is 1. The second kappa shape index (κ2) is 5.06. The van der Waals surface area contributed by atoms with E-state index in [1.807, 2.05) is 22.6 Å². The molecule has 0 unspecified atom stereocenters. The Morgan fingerprint density at radius 3 is 2.80 bits per heavy atom. The van der Waals surface area contributed by atoms with Crippen LogP contribution < -0.4 is 0 Å². The number of aromatic carboxylic acids is 1. The van der Waals surface area contributed by atoms with Crippen molar-refractivity contribution in [2.75, 3.05) is 7.11 Å². The molecule has 1 rings (SSSR count). The van der Waals surface area contributed by atoms with Gasteiger partial charge in [-0.3, -0.25) is 0 Å². The number of carboxylic acids is 1. The fourth-order valence-electron chi connectivity index (χ4n) is 0.825. The molecule has 15 heavy (non-hydrogen) atoms. The average Bonchev–Trinajstić information content (AvgIpc) is 2.20. The Balaban J connectivity index is 3.09. The first-order chi connectivity index (χ1) is 7.04. The summed E-state index contributed by atoms with van der Waals surface area (Å²) in [5.74, 6) is -0.0668. The highest BCUT2D eigenvalue weighted by molar-refractivity contribution is 14.1. The molecule has 0 fully saturated rings. The highest BCUT2D eigenvalue weighted by Gasteiger charge is 2.07. The summed E-state index contributed by atoms with van der Waals surface area (Å²) < 4.78 is 5.55. The molecule has 0 aromatic carbocycles. The van der Waals surface area contributed by atoms with E-state index in [0.29, 0.717) is 15.3 Å². The van der Waals surface area contributed by atoms with Crippen molar-refractivity contribution in [2.45, 2.75) is 6.92 Å². The van der Waals surface area contributed by atoms with Gasteiger partial charge in [-0.15, -0.1) is 0 Å². The molecule has 0 aliphatic rings. The maximum absolute atomic E-state index is 10.6. The van der Waals surface area contributed by atoms with Gasteiger partial charge in [0, 0.05) is 13.1 Å². The molecule has 1 N–H and O–H groups in total. The Morgan fingerprint density at radius 1 is 1.67 bits per heavy atom. The van der Waals surface area contributed by atoms with Gasteiger partial charge in [-0.2, -0.15) is 4.99 Å². The molecule has 0 spiro atoms. The van der Waals surface area contributed by atoms with Gasteiger partial charge in [-0.1, -0.05) is 0 Å². The number of aliphatic imine (C=N–C) groups is 1. The van der Waals surface area contributed by atoms with Crippen LogP contribution in [0.25, 0.3) is 0 Å². The molecule has 0 radical (unpaired) electrons. The first kappa shape index (κ1) is 11.9. The molecule has 0 amide bonds. The minimum Gasteiger partial charge on any atom is -0.484 e. The fraction of sp³-hybridized carbons (Fsp3) is 0.222. The van der Waals surface area contributed by atoms with Gasteiger partial charge in [0.25, 0.3) is 0 Å². The number of aromatic nitrogens is 1. The number of halogens is 1. The van der Waals surface area contributed by atoms with Crippen molar-refractivity contribution in [1.29, 1.82) is 0 Å². The third kappa shape index (κ3) is 3.15. The van der Waals surface area contributed by atoms with Crippen molar-refractivity contribution in [2.24, 2.45) is 4.99 Å². The maximum atomic E-state index is 10.6. The summed E-state index contributed by atoms with van der Waals surface area (Å²) in [5.41, 5.74) is 0.147. The van der Waals surface area contributed by atoms with Crippen LogP contribution in [0.5, 0.6) is 0 Å². The van der Waals surface area contributed by atoms with Gasteiger partial charge in [0.05, 0.1) is 16.2 Å². The smallest absolute Gasteiger partial charge is 0.337 e. The topological polar surface area (TPSA) is 71.8 Å². The summed E-state index contributed by atoms with van der Waals surface area (Å²) in [6.45, 7) is 1.70. The minimum absolute atomic E-state index is 0.147. The van der Waals surface area contributed by atoms with E-state index in [9.17, 15) is 4.79 Å². The van der Waals surface area contributed by atoms with Crippen LogP contribution in [-0.2, 0) is 4.74 Å². The van der Waals surface area contributed by atoms with Crippen LogP contribution in [0, 0.1) is 3.57 Å². The monoisotopic (exact) mass is 320 g/mol. The predicted octanol–water partition coefficient (Wildman–Crippen LogP) is 2.08. The quantitative estimate of drug-likeness (QED) is 0.514. The van der Waals surface area contributed by atoms with E-state index in [-0.39, 0.29) is 5.56 Å². The molecule has 0 bridgehead atoms. The van der Waals surface area contributed by atoms with Gasteiger partial charge in [0.2, 0.25) is 0 Å². The molecule has 80 valence electrons. The first-order valence-corrected chi connectivity index (χ1v) is 5.10. The average molecular weight is 320 g/mol. The van der Waals surface area contributed by atoms with Crippen LogP contribution in [0.3, 0.4) is 0 Å². The van der Waals surface area contributed by atoms with E-state index in [2.05, 4.69) is 9.98 Å². The van der Waals surface area contributed by atoms with Crippen molar-refractivity contribution in [3.8, 4) is 0 Å². The van der Waals surface area contributed by atoms with Crippen molar-refractivity contribution < 1.29 is 14.6 Å². The molecule has 0 saturated heterocycles. The van der Waals surface area contributed by atoms with E-state index < -0.39 is 5.97 Å². The largest absolute Gasteiger partial charge is 0.484 e. The highest BCUT2D eigenvalue weighted by Crippen LogP contribution is 2.19. The van der Waals surface area contributed by atoms with Crippen LogP contribution in [0.4, 0.5) is 5.82 Å².